The van der Waals surface area contributed by atoms with Crippen LogP contribution >= 0.6 is 0 Å². The molecule has 0 saturated heterocycles. The van der Waals surface area contributed by atoms with E-state index in [4.69, 9.17) is 0 Å². The Kier molecular flexibility index (Phi) is 4.76. The van der Waals surface area contributed by atoms with Crippen LogP contribution in [0.15, 0.2) is 18.2 Å². The quantitative estimate of drug-likeness (QED) is 0.843. The number of nitrogens with one attached hydrogen (secondary N) is 1. The third kappa shape index (κ3) is 3.55. The van der Waals surface area contributed by atoms with Gasteiger partial charge in [-0.15, -0.1) is 0 Å². The first kappa shape index (κ1) is 13.5. The summed E-state index contributed by atoms with van der Waals surface area (Å²) in [4.78, 5) is 0. The van der Waals surface area contributed by atoms with E-state index in [-0.39, 0.29) is 5.82 Å². The molecule has 1 N–H and O–H groups in total. The molecule has 0 bridgehead atoms. The summed E-state index contributed by atoms with van der Waals surface area (Å²) in [5, 5.41) is 3.64. The summed E-state index contributed by atoms with van der Waals surface area (Å²) in [6.07, 6.45) is 6.63. The van der Waals surface area contributed by atoms with Crippen molar-refractivity contribution in [2.75, 3.05) is 0 Å². The molecular formula is C16H24FN. The Bertz CT molecular complexity index is 389. The van der Waals surface area contributed by atoms with E-state index in [2.05, 4.69) is 12.2 Å². The minimum Gasteiger partial charge on any atom is -0.310 e. The third-order valence-electron chi connectivity index (χ3n) is 4.25. The van der Waals surface area contributed by atoms with Crippen LogP contribution in [-0.4, -0.2) is 6.04 Å². The van der Waals surface area contributed by atoms with Crippen molar-refractivity contribution in [1.29, 1.82) is 0 Å². The van der Waals surface area contributed by atoms with E-state index in [9.17, 15) is 4.39 Å². The van der Waals surface area contributed by atoms with Gasteiger partial charge in [-0.2, -0.15) is 0 Å². The first-order valence-corrected chi connectivity index (χ1v) is 7.17. The molecule has 1 aromatic rings. The molecule has 0 amide bonds. The Morgan fingerprint density at radius 2 is 2.17 bits per heavy atom. The molecule has 2 rings (SSSR count). The molecule has 1 aliphatic rings. The molecule has 18 heavy (non-hydrogen) atoms. The van der Waals surface area contributed by atoms with Gasteiger partial charge >= 0.3 is 0 Å². The van der Waals surface area contributed by atoms with Gasteiger partial charge in [-0.05, 0) is 48.9 Å². The van der Waals surface area contributed by atoms with Crippen molar-refractivity contribution in [2.45, 2.75) is 58.5 Å². The summed E-state index contributed by atoms with van der Waals surface area (Å²) in [5.41, 5.74) is 2.26. The molecule has 1 saturated carbocycles. The number of benzene rings is 1. The molecule has 0 aromatic heterocycles. The summed E-state index contributed by atoms with van der Waals surface area (Å²) in [6, 6.07) is 5.72. The van der Waals surface area contributed by atoms with Crippen LogP contribution in [0, 0.1) is 18.7 Å². The fraction of sp³-hybridized carbons (Fsp3) is 0.625. The van der Waals surface area contributed by atoms with Crippen LogP contribution < -0.4 is 5.32 Å². The van der Waals surface area contributed by atoms with Crippen molar-refractivity contribution < 1.29 is 4.39 Å². The maximum atomic E-state index is 13.0. The number of hydrogen-bond donors (Lipinski definition) is 1. The first-order chi connectivity index (χ1) is 8.69. The van der Waals surface area contributed by atoms with Crippen LogP contribution in [0.2, 0.25) is 0 Å². The zero-order valence-corrected chi connectivity index (χ0v) is 11.5. The molecule has 2 atom stereocenters. The Morgan fingerprint density at radius 3 is 2.89 bits per heavy atom. The van der Waals surface area contributed by atoms with E-state index >= 15 is 0 Å². The van der Waals surface area contributed by atoms with Gasteiger partial charge in [0.2, 0.25) is 0 Å². The van der Waals surface area contributed by atoms with Gasteiger partial charge in [-0.3, -0.25) is 0 Å². The fourth-order valence-electron chi connectivity index (χ4n) is 2.96. The lowest BCUT2D eigenvalue weighted by Crippen LogP contribution is -2.33. The molecule has 0 heterocycles. The Morgan fingerprint density at radius 1 is 1.33 bits per heavy atom. The Labute approximate surface area is 110 Å². The van der Waals surface area contributed by atoms with E-state index < -0.39 is 0 Å². The molecule has 1 aliphatic carbocycles. The highest BCUT2D eigenvalue weighted by Crippen LogP contribution is 2.26. The largest absolute Gasteiger partial charge is 0.310 e. The third-order valence-corrected chi connectivity index (χ3v) is 4.25. The molecule has 1 nitrogen and oxygen atoms in total. The summed E-state index contributed by atoms with van der Waals surface area (Å²) in [7, 11) is 0. The zero-order valence-electron chi connectivity index (χ0n) is 11.5. The monoisotopic (exact) mass is 249 g/mol. The fourth-order valence-corrected chi connectivity index (χ4v) is 2.96. The second-order valence-electron chi connectivity index (χ2n) is 5.59. The van der Waals surface area contributed by atoms with Crippen LogP contribution in [0.5, 0.6) is 0 Å². The summed E-state index contributed by atoms with van der Waals surface area (Å²) in [5.74, 6) is 0.755. The summed E-state index contributed by atoms with van der Waals surface area (Å²) in [6.45, 7) is 5.14. The van der Waals surface area contributed by atoms with Gasteiger partial charge in [-0.1, -0.05) is 32.3 Å². The predicted octanol–water partition coefficient (Wildman–Crippen LogP) is 4.19. The van der Waals surface area contributed by atoms with Gasteiger partial charge < -0.3 is 5.32 Å². The molecule has 2 heteroatoms. The number of rotatable bonds is 4. The SMILES string of the molecule is CCC1CCCC(NCc2ccc(F)cc2C)C1. The summed E-state index contributed by atoms with van der Waals surface area (Å²) >= 11 is 0. The summed E-state index contributed by atoms with van der Waals surface area (Å²) < 4.78 is 13.0. The standard InChI is InChI=1S/C16H24FN/c1-3-13-5-4-6-16(10-13)18-11-14-7-8-15(17)9-12(14)2/h7-9,13,16,18H,3-6,10-11H2,1-2H3. The van der Waals surface area contributed by atoms with Crippen molar-refractivity contribution in [3.05, 3.63) is 35.1 Å². The molecule has 0 radical (unpaired) electrons. The van der Waals surface area contributed by atoms with E-state index in [1.54, 1.807) is 12.1 Å². The van der Waals surface area contributed by atoms with Crippen LogP contribution in [0.4, 0.5) is 4.39 Å². The number of aryl methyl sites for hydroxylation is 1. The van der Waals surface area contributed by atoms with Crippen molar-refractivity contribution in [1.82, 2.24) is 5.32 Å². The molecule has 1 aromatic carbocycles. The average molecular weight is 249 g/mol. The minimum atomic E-state index is -0.139. The highest BCUT2D eigenvalue weighted by atomic mass is 19.1. The maximum absolute atomic E-state index is 13.0. The van der Waals surface area contributed by atoms with Gasteiger partial charge in [0.25, 0.3) is 0 Å². The molecule has 1 fully saturated rings. The van der Waals surface area contributed by atoms with Gasteiger partial charge in [0, 0.05) is 12.6 Å². The second-order valence-corrected chi connectivity index (χ2v) is 5.59. The molecule has 0 spiro atoms. The zero-order chi connectivity index (χ0) is 13.0. The lowest BCUT2D eigenvalue weighted by atomic mass is 9.84. The van der Waals surface area contributed by atoms with Crippen molar-refractivity contribution in [3.63, 3.8) is 0 Å². The number of hydrogen-bond acceptors (Lipinski definition) is 1. The Balaban J connectivity index is 1.87. The normalized spacial score (nSPS) is 24.2. The second kappa shape index (κ2) is 6.33. The molecule has 2 unspecified atom stereocenters. The van der Waals surface area contributed by atoms with Gasteiger partial charge in [0.05, 0.1) is 0 Å². The average Bonchev–Trinajstić information content (AvgIpc) is 2.38. The van der Waals surface area contributed by atoms with Gasteiger partial charge in [0.15, 0.2) is 0 Å². The van der Waals surface area contributed by atoms with Crippen molar-refractivity contribution in [2.24, 2.45) is 5.92 Å². The first-order valence-electron chi connectivity index (χ1n) is 7.17. The van der Waals surface area contributed by atoms with Crippen LogP contribution in [0.25, 0.3) is 0 Å². The van der Waals surface area contributed by atoms with E-state index in [0.29, 0.717) is 6.04 Å². The predicted molar refractivity (Wildman–Crippen MR) is 74.0 cm³/mol. The van der Waals surface area contributed by atoms with E-state index in [1.165, 1.54) is 37.7 Å². The highest BCUT2D eigenvalue weighted by molar-refractivity contribution is 5.26. The lowest BCUT2D eigenvalue weighted by molar-refractivity contribution is 0.278. The minimum absolute atomic E-state index is 0.139. The highest BCUT2D eigenvalue weighted by Gasteiger charge is 2.20. The molecule has 0 aliphatic heterocycles. The maximum Gasteiger partial charge on any atom is 0.123 e. The number of halogens is 1. The van der Waals surface area contributed by atoms with Crippen LogP contribution in [0.3, 0.4) is 0 Å². The van der Waals surface area contributed by atoms with Crippen molar-refractivity contribution >= 4 is 0 Å². The van der Waals surface area contributed by atoms with Gasteiger partial charge in [0.1, 0.15) is 5.82 Å². The molecule has 100 valence electrons. The smallest absolute Gasteiger partial charge is 0.123 e. The van der Waals surface area contributed by atoms with Crippen LogP contribution in [-0.2, 0) is 6.54 Å². The van der Waals surface area contributed by atoms with E-state index in [0.717, 1.165) is 18.0 Å². The van der Waals surface area contributed by atoms with Gasteiger partial charge in [-0.25, -0.2) is 4.39 Å². The Hall–Kier alpha value is -0.890. The van der Waals surface area contributed by atoms with Crippen molar-refractivity contribution in [3.8, 4) is 0 Å². The molecular weight excluding hydrogens is 225 g/mol. The topological polar surface area (TPSA) is 12.0 Å². The van der Waals surface area contributed by atoms with E-state index in [1.807, 2.05) is 13.0 Å². The lowest BCUT2D eigenvalue weighted by Gasteiger charge is -2.29. The van der Waals surface area contributed by atoms with Crippen LogP contribution in [0.1, 0.15) is 50.2 Å².